The van der Waals surface area contributed by atoms with Crippen LogP contribution in [0.25, 0.3) is 0 Å². The molecule has 0 rings (SSSR count). The van der Waals surface area contributed by atoms with Crippen LogP contribution in [0.15, 0.2) is 0 Å². The van der Waals surface area contributed by atoms with Crippen molar-refractivity contribution in [1.29, 1.82) is 0 Å². The molecule has 0 aliphatic heterocycles. The molecule has 0 amide bonds. The van der Waals surface area contributed by atoms with Gasteiger partial charge in [-0.3, -0.25) is 0 Å². The van der Waals surface area contributed by atoms with Crippen molar-refractivity contribution in [2.75, 3.05) is 20.2 Å². The van der Waals surface area contributed by atoms with E-state index in [0.717, 1.165) is 13.2 Å². The van der Waals surface area contributed by atoms with Gasteiger partial charge in [-0.15, -0.1) is 0 Å². The molecule has 0 fully saturated rings. The predicted molar refractivity (Wildman–Crippen MR) is 58.1 cm³/mol. The lowest BCUT2D eigenvalue weighted by Crippen LogP contribution is -2.23. The van der Waals surface area contributed by atoms with Crippen LogP contribution in [0.5, 0.6) is 0 Å². The lowest BCUT2D eigenvalue weighted by atomic mass is 10.2. The highest BCUT2D eigenvalue weighted by Crippen LogP contribution is 2.03. The number of ether oxygens (including phenoxy) is 1. The topological polar surface area (TPSA) is 21.3 Å². The molecular weight excluding hydrogens is 162 g/mol. The van der Waals surface area contributed by atoms with Crippen molar-refractivity contribution in [3.8, 4) is 0 Å². The van der Waals surface area contributed by atoms with Gasteiger partial charge in [0.25, 0.3) is 0 Å². The van der Waals surface area contributed by atoms with E-state index in [1.54, 1.807) is 0 Å². The van der Waals surface area contributed by atoms with Crippen molar-refractivity contribution in [2.45, 2.75) is 52.1 Å². The smallest absolute Gasteiger partial charge is 0.0671 e. The molecule has 0 aromatic heterocycles. The molecule has 13 heavy (non-hydrogen) atoms. The molecule has 0 aromatic rings. The average Bonchev–Trinajstić information content (AvgIpc) is 2.11. The Morgan fingerprint density at radius 1 is 1.15 bits per heavy atom. The molecule has 0 saturated carbocycles. The van der Waals surface area contributed by atoms with Crippen molar-refractivity contribution in [3.63, 3.8) is 0 Å². The van der Waals surface area contributed by atoms with Gasteiger partial charge in [-0.1, -0.05) is 32.6 Å². The summed E-state index contributed by atoms with van der Waals surface area (Å²) in [5, 5.41) is 3.10. The highest BCUT2D eigenvalue weighted by atomic mass is 16.5. The second-order valence-corrected chi connectivity index (χ2v) is 3.65. The molecule has 0 saturated heterocycles. The summed E-state index contributed by atoms with van der Waals surface area (Å²) >= 11 is 0. The molecule has 0 aromatic carbocycles. The van der Waals surface area contributed by atoms with Crippen molar-refractivity contribution in [3.05, 3.63) is 0 Å². The van der Waals surface area contributed by atoms with Crippen LogP contribution in [0.4, 0.5) is 0 Å². The largest absolute Gasteiger partial charge is 0.377 e. The first kappa shape index (κ1) is 12.9. The first-order valence-corrected chi connectivity index (χ1v) is 5.57. The summed E-state index contributed by atoms with van der Waals surface area (Å²) in [4.78, 5) is 0. The maximum atomic E-state index is 5.60. The van der Waals surface area contributed by atoms with E-state index in [4.69, 9.17) is 4.74 Å². The molecule has 0 bridgehead atoms. The maximum Gasteiger partial charge on any atom is 0.0671 e. The van der Waals surface area contributed by atoms with Crippen LogP contribution in [0.2, 0.25) is 0 Å². The SMILES string of the molecule is CCCCCCCOC(C)CNC. The van der Waals surface area contributed by atoms with Gasteiger partial charge in [-0.2, -0.15) is 0 Å². The molecule has 2 heteroatoms. The monoisotopic (exact) mass is 187 g/mol. The normalized spacial score (nSPS) is 13.2. The zero-order valence-corrected chi connectivity index (χ0v) is 9.44. The zero-order valence-electron chi connectivity index (χ0n) is 9.44. The molecule has 0 radical (unpaired) electrons. The minimum absolute atomic E-state index is 0.358. The van der Waals surface area contributed by atoms with Crippen LogP contribution in [-0.4, -0.2) is 26.3 Å². The molecule has 0 spiro atoms. The second-order valence-electron chi connectivity index (χ2n) is 3.65. The summed E-state index contributed by atoms with van der Waals surface area (Å²) in [6.45, 7) is 6.23. The van der Waals surface area contributed by atoms with Gasteiger partial charge in [0.2, 0.25) is 0 Å². The van der Waals surface area contributed by atoms with E-state index in [1.807, 2.05) is 7.05 Å². The standard InChI is InChI=1S/C11H25NO/c1-4-5-6-7-8-9-13-11(2)10-12-3/h11-12H,4-10H2,1-3H3. The van der Waals surface area contributed by atoms with E-state index in [0.29, 0.717) is 6.10 Å². The van der Waals surface area contributed by atoms with Crippen LogP contribution in [0.3, 0.4) is 0 Å². The maximum absolute atomic E-state index is 5.60. The number of likely N-dealkylation sites (N-methyl/N-ethyl adjacent to an activating group) is 1. The third-order valence-electron chi connectivity index (χ3n) is 2.14. The highest BCUT2D eigenvalue weighted by molar-refractivity contribution is 4.51. The van der Waals surface area contributed by atoms with E-state index < -0.39 is 0 Å². The van der Waals surface area contributed by atoms with Crippen LogP contribution in [-0.2, 0) is 4.74 Å². The van der Waals surface area contributed by atoms with E-state index in [2.05, 4.69) is 19.2 Å². The average molecular weight is 187 g/mol. The lowest BCUT2D eigenvalue weighted by Gasteiger charge is -2.11. The van der Waals surface area contributed by atoms with Gasteiger partial charge >= 0.3 is 0 Å². The molecule has 1 atom stereocenters. The minimum atomic E-state index is 0.358. The number of hydrogen-bond acceptors (Lipinski definition) is 2. The molecule has 2 nitrogen and oxygen atoms in total. The lowest BCUT2D eigenvalue weighted by molar-refractivity contribution is 0.0643. The Hall–Kier alpha value is -0.0800. The fraction of sp³-hybridized carbons (Fsp3) is 1.00. The minimum Gasteiger partial charge on any atom is -0.377 e. The van der Waals surface area contributed by atoms with E-state index in [1.165, 1.54) is 32.1 Å². The van der Waals surface area contributed by atoms with Crippen molar-refractivity contribution in [2.24, 2.45) is 0 Å². The van der Waals surface area contributed by atoms with Gasteiger partial charge in [0.1, 0.15) is 0 Å². The predicted octanol–water partition coefficient (Wildman–Crippen LogP) is 2.58. The number of hydrogen-bond donors (Lipinski definition) is 1. The van der Waals surface area contributed by atoms with Crippen molar-refractivity contribution >= 4 is 0 Å². The molecule has 0 aliphatic rings. The Labute approximate surface area is 83.1 Å². The molecule has 1 N–H and O–H groups in total. The van der Waals surface area contributed by atoms with Crippen LogP contribution >= 0.6 is 0 Å². The Kier molecular flexibility index (Phi) is 9.94. The Bertz CT molecular complexity index is 96.1. The molecule has 80 valence electrons. The summed E-state index contributed by atoms with van der Waals surface area (Å²) in [7, 11) is 1.96. The quantitative estimate of drug-likeness (QED) is 0.560. The number of rotatable bonds is 9. The van der Waals surface area contributed by atoms with Crippen LogP contribution in [0.1, 0.15) is 46.0 Å². The Morgan fingerprint density at radius 2 is 1.85 bits per heavy atom. The van der Waals surface area contributed by atoms with Gasteiger partial charge in [-0.05, 0) is 20.4 Å². The van der Waals surface area contributed by atoms with Crippen molar-refractivity contribution < 1.29 is 4.74 Å². The molecule has 0 aliphatic carbocycles. The Balaban J connectivity index is 2.97. The van der Waals surface area contributed by atoms with Crippen LogP contribution in [0, 0.1) is 0 Å². The van der Waals surface area contributed by atoms with Gasteiger partial charge in [0.05, 0.1) is 6.10 Å². The highest BCUT2D eigenvalue weighted by Gasteiger charge is 1.98. The third kappa shape index (κ3) is 9.84. The van der Waals surface area contributed by atoms with Gasteiger partial charge in [0, 0.05) is 13.2 Å². The zero-order chi connectivity index (χ0) is 9.94. The van der Waals surface area contributed by atoms with Crippen LogP contribution < -0.4 is 5.32 Å². The summed E-state index contributed by atoms with van der Waals surface area (Å²) in [6.07, 6.45) is 6.94. The molecule has 1 unspecified atom stereocenters. The fourth-order valence-corrected chi connectivity index (χ4v) is 1.34. The van der Waals surface area contributed by atoms with E-state index in [9.17, 15) is 0 Å². The molecular formula is C11H25NO. The van der Waals surface area contributed by atoms with Gasteiger partial charge < -0.3 is 10.1 Å². The fourth-order valence-electron chi connectivity index (χ4n) is 1.34. The summed E-state index contributed by atoms with van der Waals surface area (Å²) < 4.78 is 5.60. The first-order chi connectivity index (χ1) is 6.31. The summed E-state index contributed by atoms with van der Waals surface area (Å²) in [5.74, 6) is 0. The second kappa shape index (κ2) is 10.0. The van der Waals surface area contributed by atoms with Crippen molar-refractivity contribution in [1.82, 2.24) is 5.32 Å². The summed E-state index contributed by atoms with van der Waals surface area (Å²) in [6, 6.07) is 0. The van der Waals surface area contributed by atoms with Gasteiger partial charge in [0.15, 0.2) is 0 Å². The number of unbranched alkanes of at least 4 members (excludes halogenated alkanes) is 4. The third-order valence-corrected chi connectivity index (χ3v) is 2.14. The molecule has 0 heterocycles. The van der Waals surface area contributed by atoms with E-state index >= 15 is 0 Å². The van der Waals surface area contributed by atoms with Gasteiger partial charge in [-0.25, -0.2) is 0 Å². The number of nitrogens with one attached hydrogen (secondary N) is 1. The first-order valence-electron chi connectivity index (χ1n) is 5.57. The van der Waals surface area contributed by atoms with E-state index in [-0.39, 0.29) is 0 Å². The Morgan fingerprint density at radius 3 is 2.46 bits per heavy atom. The summed E-state index contributed by atoms with van der Waals surface area (Å²) in [5.41, 5.74) is 0.